The molecule has 0 aliphatic heterocycles. The highest BCUT2D eigenvalue weighted by molar-refractivity contribution is 5.79. The quantitative estimate of drug-likeness (QED) is 0.707. The molecule has 112 valence electrons. The molecule has 2 heteroatoms. The van der Waals surface area contributed by atoms with Crippen LogP contribution in [0.2, 0.25) is 0 Å². The van der Waals surface area contributed by atoms with Crippen molar-refractivity contribution in [3.05, 3.63) is 29.3 Å². The molecule has 0 saturated heterocycles. The summed E-state index contributed by atoms with van der Waals surface area (Å²) in [5.41, 5.74) is 1.29. The van der Waals surface area contributed by atoms with E-state index in [2.05, 4.69) is 20.8 Å². The van der Waals surface area contributed by atoms with Gasteiger partial charge in [-0.1, -0.05) is 61.0 Å². The number of benzene rings is 1. The number of carbonyl (C=O) groups excluding carboxylic acids is 1. The van der Waals surface area contributed by atoms with Gasteiger partial charge in [0.15, 0.2) is 6.29 Å². The van der Waals surface area contributed by atoms with Crippen molar-refractivity contribution in [1.82, 2.24) is 0 Å². The molecule has 0 atom stereocenters. The highest BCUT2D eigenvalue weighted by Gasteiger charge is 1.96. The summed E-state index contributed by atoms with van der Waals surface area (Å²) in [5.74, 6) is 0.935. The lowest BCUT2D eigenvalue weighted by atomic mass is 10.1. The minimum atomic E-state index is 0.0509. The highest BCUT2D eigenvalue weighted by Crippen LogP contribution is 2.15. The van der Waals surface area contributed by atoms with Gasteiger partial charge in [0.25, 0.3) is 0 Å². The van der Waals surface area contributed by atoms with Gasteiger partial charge in [0.05, 0.1) is 5.56 Å². The average Bonchev–Trinajstić information content (AvgIpc) is 2.44. The van der Waals surface area contributed by atoms with Crippen molar-refractivity contribution in [1.29, 1.82) is 0 Å². The van der Waals surface area contributed by atoms with Crippen molar-refractivity contribution in [2.24, 2.45) is 5.92 Å². The molecule has 0 saturated carbocycles. The van der Waals surface area contributed by atoms with E-state index in [1.165, 1.54) is 6.42 Å². The van der Waals surface area contributed by atoms with Gasteiger partial charge in [-0.3, -0.25) is 4.79 Å². The number of hydrogen-bond donors (Lipinski definition) is 1. The van der Waals surface area contributed by atoms with Crippen LogP contribution in [0.4, 0.5) is 0 Å². The van der Waals surface area contributed by atoms with Crippen LogP contribution in [0.5, 0.6) is 5.75 Å². The molecule has 0 amide bonds. The van der Waals surface area contributed by atoms with Crippen LogP contribution in [0.15, 0.2) is 18.2 Å². The molecular weight excluding hydrogens is 236 g/mol. The summed E-state index contributed by atoms with van der Waals surface area (Å²) < 4.78 is 0. The van der Waals surface area contributed by atoms with Crippen LogP contribution in [0, 0.1) is 12.8 Å². The molecule has 1 aromatic carbocycles. The summed E-state index contributed by atoms with van der Waals surface area (Å²) in [4.78, 5) is 10.2. The summed E-state index contributed by atoms with van der Waals surface area (Å²) >= 11 is 0. The lowest BCUT2D eigenvalue weighted by Gasteiger charge is -1.96. The van der Waals surface area contributed by atoms with Crippen LogP contribution in [-0.4, -0.2) is 11.4 Å². The third-order valence-electron chi connectivity index (χ3n) is 2.13. The lowest BCUT2D eigenvalue weighted by molar-refractivity contribution is 0.112. The van der Waals surface area contributed by atoms with Crippen molar-refractivity contribution >= 4 is 6.29 Å². The van der Waals surface area contributed by atoms with Crippen LogP contribution in [0.25, 0.3) is 0 Å². The maximum Gasteiger partial charge on any atom is 0.153 e. The molecule has 1 aromatic rings. The Morgan fingerprint density at radius 2 is 1.58 bits per heavy atom. The predicted octanol–water partition coefficient (Wildman–Crippen LogP) is 5.62. The zero-order chi connectivity index (χ0) is 15.8. The van der Waals surface area contributed by atoms with Crippen LogP contribution in [0.1, 0.15) is 70.8 Å². The Balaban J connectivity index is -0.000000242. The third kappa shape index (κ3) is 14.6. The Morgan fingerprint density at radius 3 is 1.84 bits per heavy atom. The van der Waals surface area contributed by atoms with Gasteiger partial charge >= 0.3 is 0 Å². The van der Waals surface area contributed by atoms with Gasteiger partial charge in [0.1, 0.15) is 5.75 Å². The second-order valence-corrected chi connectivity index (χ2v) is 3.98. The average molecular weight is 268 g/mol. The van der Waals surface area contributed by atoms with E-state index in [4.69, 9.17) is 5.11 Å². The van der Waals surface area contributed by atoms with Crippen molar-refractivity contribution < 1.29 is 9.90 Å². The molecule has 0 heterocycles. The minimum Gasteiger partial charge on any atom is -0.507 e. The summed E-state index contributed by atoms with van der Waals surface area (Å²) in [6.45, 7) is 16.5. The van der Waals surface area contributed by atoms with Crippen LogP contribution in [0.3, 0.4) is 0 Å². The predicted molar refractivity (Wildman–Crippen MR) is 86.1 cm³/mol. The molecule has 0 aromatic heterocycles. The summed E-state index contributed by atoms with van der Waals surface area (Å²) in [5, 5.41) is 9.06. The van der Waals surface area contributed by atoms with Crippen molar-refractivity contribution in [2.75, 3.05) is 0 Å². The number of aryl methyl sites for hydroxylation is 1. The first-order chi connectivity index (χ1) is 9.01. The number of rotatable bonds is 2. The summed E-state index contributed by atoms with van der Waals surface area (Å²) in [6.07, 6.45) is 1.94. The van der Waals surface area contributed by atoms with Crippen molar-refractivity contribution in [2.45, 2.75) is 61.8 Å². The smallest absolute Gasteiger partial charge is 0.153 e. The van der Waals surface area contributed by atoms with Gasteiger partial charge in [-0.05, 0) is 30.5 Å². The fourth-order valence-corrected chi connectivity index (χ4v) is 0.753. The SMILES string of the molecule is CC.CC.CCC(C)C.Cc1ccc(C=O)c(O)c1. The standard InChI is InChI=1S/C8H8O2.C5H12.2C2H6/c1-6-2-3-7(5-9)8(10)4-6;1-4-5(2)3;2*1-2/h2-5,10H,1H3;5H,4H2,1-3H3;2*1-2H3. The Hall–Kier alpha value is -1.31. The van der Waals surface area contributed by atoms with Crippen LogP contribution < -0.4 is 0 Å². The van der Waals surface area contributed by atoms with E-state index < -0.39 is 0 Å². The molecule has 1 rings (SSSR count). The van der Waals surface area contributed by atoms with Gasteiger partial charge in [0, 0.05) is 0 Å². The fraction of sp³-hybridized carbons (Fsp3) is 0.588. The number of phenolic OH excluding ortho intramolecular Hbond substituents is 1. The van der Waals surface area contributed by atoms with Gasteiger partial charge in [-0.25, -0.2) is 0 Å². The Kier molecular flexibility index (Phi) is 20.1. The molecule has 0 fully saturated rings. The Bertz CT molecular complexity index is 304. The lowest BCUT2D eigenvalue weighted by Crippen LogP contribution is -1.80. The first-order valence-corrected chi connectivity index (χ1v) is 7.26. The van der Waals surface area contributed by atoms with E-state index in [0.717, 1.165) is 11.5 Å². The van der Waals surface area contributed by atoms with Crippen LogP contribution >= 0.6 is 0 Å². The first kappa shape index (κ1) is 22.8. The van der Waals surface area contributed by atoms with E-state index in [-0.39, 0.29) is 5.75 Å². The van der Waals surface area contributed by atoms with Crippen LogP contribution in [-0.2, 0) is 0 Å². The number of aldehydes is 1. The maximum absolute atomic E-state index is 10.2. The van der Waals surface area contributed by atoms with Gasteiger partial charge in [0.2, 0.25) is 0 Å². The molecule has 0 aliphatic rings. The third-order valence-corrected chi connectivity index (χ3v) is 2.13. The zero-order valence-electron chi connectivity index (χ0n) is 13.9. The van der Waals surface area contributed by atoms with E-state index >= 15 is 0 Å². The Morgan fingerprint density at radius 1 is 1.16 bits per heavy atom. The molecule has 19 heavy (non-hydrogen) atoms. The van der Waals surface area contributed by atoms with Gasteiger partial charge < -0.3 is 5.11 Å². The van der Waals surface area contributed by atoms with E-state index in [9.17, 15) is 4.79 Å². The monoisotopic (exact) mass is 268 g/mol. The molecular formula is C17H32O2. The molecule has 0 radical (unpaired) electrons. The molecule has 0 aliphatic carbocycles. The molecule has 1 N–H and O–H groups in total. The first-order valence-electron chi connectivity index (χ1n) is 7.26. The molecule has 0 unspecified atom stereocenters. The zero-order valence-corrected chi connectivity index (χ0v) is 13.9. The fourth-order valence-electron chi connectivity index (χ4n) is 0.753. The summed E-state index contributed by atoms with van der Waals surface area (Å²) in [6, 6.07) is 4.94. The number of hydrogen-bond acceptors (Lipinski definition) is 2. The molecule has 2 nitrogen and oxygen atoms in total. The van der Waals surface area contributed by atoms with Crippen molar-refractivity contribution in [3.63, 3.8) is 0 Å². The number of phenols is 1. The Labute approximate surface area is 119 Å². The minimum absolute atomic E-state index is 0.0509. The normalized spacial score (nSPS) is 8.05. The van der Waals surface area contributed by atoms with E-state index in [1.807, 2.05) is 34.6 Å². The highest BCUT2D eigenvalue weighted by atomic mass is 16.3. The molecule has 0 bridgehead atoms. The largest absolute Gasteiger partial charge is 0.507 e. The van der Waals surface area contributed by atoms with E-state index in [1.54, 1.807) is 18.2 Å². The number of carbonyl (C=O) groups is 1. The second kappa shape index (κ2) is 16.7. The van der Waals surface area contributed by atoms with E-state index in [0.29, 0.717) is 11.8 Å². The topological polar surface area (TPSA) is 37.3 Å². The number of aromatic hydroxyl groups is 1. The van der Waals surface area contributed by atoms with Crippen molar-refractivity contribution in [3.8, 4) is 5.75 Å². The molecule has 0 spiro atoms. The summed E-state index contributed by atoms with van der Waals surface area (Å²) in [7, 11) is 0. The van der Waals surface area contributed by atoms with Gasteiger partial charge in [-0.2, -0.15) is 0 Å². The second-order valence-electron chi connectivity index (χ2n) is 3.98. The maximum atomic E-state index is 10.2. The van der Waals surface area contributed by atoms with Gasteiger partial charge in [-0.15, -0.1) is 0 Å².